The molecule has 8 heteroatoms. The number of nitrogens with zero attached hydrogens (tertiary/aromatic N) is 2. The Balaban J connectivity index is 2.28. The highest BCUT2D eigenvalue weighted by atomic mass is 35.5. The molecule has 0 unspecified atom stereocenters. The summed E-state index contributed by atoms with van der Waals surface area (Å²) < 4.78 is 5.17. The van der Waals surface area contributed by atoms with Gasteiger partial charge in [-0.3, -0.25) is 4.79 Å². The number of primary amides is 1. The molecule has 2 rings (SSSR count). The number of benzene rings is 1. The number of allylic oxidation sites excluding steroid dienone is 2. The molecular weight excluding hydrogens is 390 g/mol. The van der Waals surface area contributed by atoms with Crippen LogP contribution in [0.4, 0.5) is 0 Å². The molecule has 0 bridgehead atoms. The zero-order chi connectivity index (χ0) is 21.6. The molecule has 7 nitrogen and oxygen atoms in total. The van der Waals surface area contributed by atoms with Crippen LogP contribution in [0.5, 0.6) is 5.88 Å². The number of aromatic nitrogens is 1. The molecule has 0 spiro atoms. The second-order valence-electron chi connectivity index (χ2n) is 6.68. The number of hydrogen-bond acceptors (Lipinski definition) is 4. The molecule has 0 aliphatic rings. The predicted octanol–water partition coefficient (Wildman–Crippen LogP) is 3.21. The molecule has 0 aliphatic heterocycles. The van der Waals surface area contributed by atoms with Crippen molar-refractivity contribution in [1.29, 1.82) is 0 Å². The van der Waals surface area contributed by atoms with Gasteiger partial charge in [0, 0.05) is 17.8 Å². The molecule has 5 N–H and O–H groups in total. The number of halogens is 1. The molecule has 0 saturated carbocycles. The van der Waals surface area contributed by atoms with Gasteiger partial charge in [0.15, 0.2) is 5.96 Å². The van der Waals surface area contributed by atoms with Gasteiger partial charge in [0.05, 0.1) is 23.4 Å². The standard InChI is InChI=1S/C21H24ClN5O2/c1-5-13(14-7-6-8-15(11-14)19(23)28)12-25-20(24)27-21(2,3)18-16(22)9-10-17(26-18)29-4/h5-12H,1H2,2-4H3,(H2,23,28)(H3,24,25,27)/b13-12+. The Kier molecular flexibility index (Phi) is 7.01. The van der Waals surface area contributed by atoms with E-state index in [4.69, 9.17) is 27.8 Å². The predicted molar refractivity (Wildman–Crippen MR) is 117 cm³/mol. The van der Waals surface area contributed by atoms with E-state index in [-0.39, 0.29) is 5.96 Å². The molecular formula is C21H24ClN5O2. The number of hydrogen-bond donors (Lipinski definition) is 3. The third kappa shape index (κ3) is 5.58. The van der Waals surface area contributed by atoms with Gasteiger partial charge in [-0.25, -0.2) is 9.98 Å². The number of aliphatic imine (C=N–C) groups is 1. The highest BCUT2D eigenvalue weighted by Gasteiger charge is 2.26. The smallest absolute Gasteiger partial charge is 0.248 e. The second kappa shape index (κ2) is 9.25. The number of carbonyl (C=O) groups is 1. The van der Waals surface area contributed by atoms with E-state index >= 15 is 0 Å². The van der Waals surface area contributed by atoms with Gasteiger partial charge >= 0.3 is 0 Å². The first-order valence-corrected chi connectivity index (χ1v) is 9.11. The summed E-state index contributed by atoms with van der Waals surface area (Å²) >= 11 is 6.29. The number of nitrogens with one attached hydrogen (secondary N) is 1. The number of ether oxygens (including phenoxy) is 1. The molecule has 0 atom stereocenters. The summed E-state index contributed by atoms with van der Waals surface area (Å²) in [5.74, 6) is 0.0865. The normalized spacial score (nSPS) is 12.4. The Morgan fingerprint density at radius 2 is 1.97 bits per heavy atom. The van der Waals surface area contributed by atoms with Crippen LogP contribution < -0.4 is 21.5 Å². The van der Waals surface area contributed by atoms with Crippen LogP contribution in [-0.4, -0.2) is 24.0 Å². The van der Waals surface area contributed by atoms with Crippen LogP contribution in [0.25, 0.3) is 5.57 Å². The van der Waals surface area contributed by atoms with E-state index < -0.39 is 11.4 Å². The quantitative estimate of drug-likeness (QED) is 0.366. The van der Waals surface area contributed by atoms with Crippen molar-refractivity contribution in [1.82, 2.24) is 10.3 Å². The third-order valence-corrected chi connectivity index (χ3v) is 4.41. The van der Waals surface area contributed by atoms with Crippen molar-refractivity contribution in [3.8, 4) is 5.88 Å². The minimum absolute atomic E-state index is 0.154. The molecule has 29 heavy (non-hydrogen) atoms. The van der Waals surface area contributed by atoms with Crippen LogP contribution in [-0.2, 0) is 5.54 Å². The van der Waals surface area contributed by atoms with Crippen molar-refractivity contribution in [3.05, 3.63) is 77.1 Å². The maximum atomic E-state index is 11.4. The average Bonchev–Trinajstić information content (AvgIpc) is 2.68. The van der Waals surface area contributed by atoms with Gasteiger partial charge in [0.1, 0.15) is 0 Å². The fourth-order valence-corrected chi connectivity index (χ4v) is 2.97. The van der Waals surface area contributed by atoms with Crippen LogP contribution in [0, 0.1) is 0 Å². The van der Waals surface area contributed by atoms with E-state index in [1.165, 1.54) is 7.11 Å². The maximum Gasteiger partial charge on any atom is 0.248 e. The maximum absolute atomic E-state index is 11.4. The molecule has 1 heterocycles. The summed E-state index contributed by atoms with van der Waals surface area (Å²) in [6, 6.07) is 10.2. The van der Waals surface area contributed by atoms with Gasteiger partial charge in [-0.1, -0.05) is 36.4 Å². The van der Waals surface area contributed by atoms with Crippen LogP contribution >= 0.6 is 11.6 Å². The van der Waals surface area contributed by atoms with Gasteiger partial charge in [-0.15, -0.1) is 0 Å². The van der Waals surface area contributed by atoms with Gasteiger partial charge < -0.3 is 21.5 Å². The summed E-state index contributed by atoms with van der Waals surface area (Å²) in [6.07, 6.45) is 3.16. The fraction of sp³-hybridized carbons (Fsp3) is 0.190. The van der Waals surface area contributed by atoms with E-state index in [1.807, 2.05) is 19.9 Å². The molecule has 0 fully saturated rings. The molecule has 0 radical (unpaired) electrons. The molecule has 152 valence electrons. The first-order chi connectivity index (χ1) is 13.7. The summed E-state index contributed by atoms with van der Waals surface area (Å²) in [4.78, 5) is 20.0. The van der Waals surface area contributed by atoms with Crippen LogP contribution in [0.2, 0.25) is 5.02 Å². The summed E-state index contributed by atoms with van der Waals surface area (Å²) in [5.41, 5.74) is 13.1. The van der Waals surface area contributed by atoms with E-state index in [2.05, 4.69) is 21.9 Å². The van der Waals surface area contributed by atoms with Crippen LogP contribution in [0.3, 0.4) is 0 Å². The number of rotatable bonds is 7. The van der Waals surface area contributed by atoms with Crippen molar-refractivity contribution in [2.24, 2.45) is 16.5 Å². The molecule has 1 aromatic heterocycles. The Labute approximate surface area is 175 Å². The number of pyridine rings is 1. The minimum atomic E-state index is -0.715. The number of nitrogens with two attached hydrogens (primary N) is 2. The molecule has 1 aromatic carbocycles. The van der Waals surface area contributed by atoms with Crippen LogP contribution in [0.1, 0.15) is 35.5 Å². The average molecular weight is 414 g/mol. The van der Waals surface area contributed by atoms with Crippen molar-refractivity contribution in [2.75, 3.05) is 7.11 Å². The first kappa shape index (κ1) is 22.0. The van der Waals surface area contributed by atoms with E-state index in [0.29, 0.717) is 27.7 Å². The lowest BCUT2D eigenvalue weighted by molar-refractivity contribution is 0.1000. The van der Waals surface area contributed by atoms with Crippen molar-refractivity contribution >= 4 is 29.0 Å². The van der Waals surface area contributed by atoms with Crippen molar-refractivity contribution < 1.29 is 9.53 Å². The summed E-state index contributed by atoms with van der Waals surface area (Å²) in [5, 5.41) is 3.57. The Hall–Kier alpha value is -3.32. The Morgan fingerprint density at radius 3 is 2.59 bits per heavy atom. The topological polar surface area (TPSA) is 116 Å². The minimum Gasteiger partial charge on any atom is -0.481 e. The highest BCUT2D eigenvalue weighted by molar-refractivity contribution is 6.31. The van der Waals surface area contributed by atoms with Gasteiger partial charge in [-0.05, 0) is 43.2 Å². The largest absolute Gasteiger partial charge is 0.481 e. The Morgan fingerprint density at radius 1 is 1.28 bits per heavy atom. The van der Waals surface area contributed by atoms with E-state index in [0.717, 1.165) is 5.56 Å². The van der Waals surface area contributed by atoms with Crippen molar-refractivity contribution in [2.45, 2.75) is 19.4 Å². The molecule has 0 aliphatic carbocycles. The molecule has 1 amide bonds. The fourth-order valence-electron chi connectivity index (χ4n) is 2.62. The molecule has 0 saturated heterocycles. The van der Waals surface area contributed by atoms with E-state index in [1.54, 1.807) is 42.6 Å². The molecule has 2 aromatic rings. The van der Waals surface area contributed by atoms with Crippen molar-refractivity contribution in [3.63, 3.8) is 0 Å². The zero-order valence-corrected chi connectivity index (χ0v) is 17.3. The van der Waals surface area contributed by atoms with Crippen LogP contribution in [0.15, 0.2) is 60.2 Å². The number of guanidine groups is 1. The number of amides is 1. The summed E-state index contributed by atoms with van der Waals surface area (Å²) in [6.45, 7) is 7.53. The van der Waals surface area contributed by atoms with E-state index in [9.17, 15) is 4.79 Å². The summed E-state index contributed by atoms with van der Waals surface area (Å²) in [7, 11) is 1.53. The van der Waals surface area contributed by atoms with Gasteiger partial charge in [-0.2, -0.15) is 0 Å². The SMILES string of the molecule is C=C/C(=C\N=C(/N)NC(C)(C)c1nc(OC)ccc1Cl)c1cccc(C(N)=O)c1. The monoisotopic (exact) mass is 413 g/mol. The lowest BCUT2D eigenvalue weighted by Gasteiger charge is -2.27. The third-order valence-electron chi connectivity index (χ3n) is 4.11. The first-order valence-electron chi connectivity index (χ1n) is 8.73. The Bertz CT molecular complexity index is 983. The lowest BCUT2D eigenvalue weighted by Crippen LogP contribution is -2.45. The highest BCUT2D eigenvalue weighted by Crippen LogP contribution is 2.28. The lowest BCUT2D eigenvalue weighted by atomic mass is 10.00. The van der Waals surface area contributed by atoms with Gasteiger partial charge in [0.2, 0.25) is 11.8 Å². The second-order valence-corrected chi connectivity index (χ2v) is 7.09. The van der Waals surface area contributed by atoms with Gasteiger partial charge in [0.25, 0.3) is 0 Å². The zero-order valence-electron chi connectivity index (χ0n) is 16.6. The number of methoxy groups -OCH3 is 1. The number of carbonyl (C=O) groups excluding carboxylic acids is 1.